The molecule has 208 valence electrons. The van der Waals surface area contributed by atoms with E-state index in [1.54, 1.807) is 6.92 Å². The second kappa shape index (κ2) is 10.6. The zero-order valence-corrected chi connectivity index (χ0v) is 22.0. The van der Waals surface area contributed by atoms with Crippen molar-refractivity contribution in [1.82, 2.24) is 4.98 Å². The fourth-order valence-corrected chi connectivity index (χ4v) is 5.16. The zero-order valence-electron chi connectivity index (χ0n) is 22.0. The van der Waals surface area contributed by atoms with Crippen LogP contribution >= 0.6 is 0 Å². The summed E-state index contributed by atoms with van der Waals surface area (Å²) in [4.78, 5) is 16.9. The van der Waals surface area contributed by atoms with Gasteiger partial charge in [-0.1, -0.05) is 43.3 Å². The second-order valence-electron chi connectivity index (χ2n) is 9.78. The molecule has 2 aromatic carbocycles. The number of pyridine rings is 1. The number of Topliss-reactive ketones (excluding diaryl/α,β-unsaturated/α-hetero) is 1. The van der Waals surface area contributed by atoms with Crippen molar-refractivity contribution in [1.29, 1.82) is 0 Å². The monoisotopic (exact) mass is 549 g/mol. The molecule has 10 heteroatoms. The van der Waals surface area contributed by atoms with Crippen LogP contribution in [0.4, 0.5) is 22.0 Å². The van der Waals surface area contributed by atoms with Crippen LogP contribution < -0.4 is 9.47 Å². The lowest BCUT2D eigenvalue weighted by atomic mass is 9.76. The highest BCUT2D eigenvalue weighted by Crippen LogP contribution is 2.59. The summed E-state index contributed by atoms with van der Waals surface area (Å²) in [6, 6.07) is 12.5. The SMILES string of the molecule is COc1c([C@H]2[C@H](c3cc(OCc4ccccc4)c(C(C)=O)c(C)n3)O[C@@](C)(C(F)(F)F)[C@H]2C)ccc(F)c1F. The molecule has 0 aliphatic carbocycles. The smallest absolute Gasteiger partial charge is 0.417 e. The van der Waals surface area contributed by atoms with Crippen molar-refractivity contribution in [2.75, 3.05) is 7.11 Å². The summed E-state index contributed by atoms with van der Waals surface area (Å²) in [6.07, 6.45) is -6.16. The standard InChI is InChI=1S/C29H28F5NO4/c1-15-23(19-11-12-20(30)25(31)26(19)37-5)27(39-28(15,4)29(32,33)34)21-13-22(24(17(3)36)16(2)35-21)38-14-18-9-7-6-8-10-18/h6-13,15,23,27H,14H2,1-5H3/t15-,23-,27-,28+/m0/s1. The number of carbonyl (C=O) groups excluding carboxylic acids is 1. The van der Waals surface area contributed by atoms with Gasteiger partial charge in [-0.25, -0.2) is 4.39 Å². The topological polar surface area (TPSA) is 57.7 Å². The van der Waals surface area contributed by atoms with Crippen LogP contribution in [0, 0.1) is 24.5 Å². The highest BCUT2D eigenvalue weighted by molar-refractivity contribution is 5.97. The number of ether oxygens (including phenoxy) is 3. The Balaban J connectivity index is 1.88. The van der Waals surface area contributed by atoms with Gasteiger partial charge < -0.3 is 14.2 Å². The van der Waals surface area contributed by atoms with Crippen LogP contribution in [0.3, 0.4) is 0 Å². The van der Waals surface area contributed by atoms with E-state index in [0.717, 1.165) is 25.7 Å². The third-order valence-corrected chi connectivity index (χ3v) is 7.38. The van der Waals surface area contributed by atoms with E-state index in [4.69, 9.17) is 14.2 Å². The number of hydrogen-bond donors (Lipinski definition) is 0. The molecule has 0 spiro atoms. The number of aromatic nitrogens is 1. The molecule has 0 radical (unpaired) electrons. The van der Waals surface area contributed by atoms with E-state index >= 15 is 0 Å². The van der Waals surface area contributed by atoms with Crippen molar-refractivity contribution in [2.45, 2.75) is 58.1 Å². The molecule has 5 nitrogen and oxygen atoms in total. The van der Waals surface area contributed by atoms with Gasteiger partial charge in [-0.05, 0) is 32.4 Å². The van der Waals surface area contributed by atoms with E-state index in [-0.39, 0.29) is 40.7 Å². The number of rotatable bonds is 7. The Hall–Kier alpha value is -3.53. The van der Waals surface area contributed by atoms with E-state index in [1.165, 1.54) is 26.0 Å². The molecule has 0 saturated carbocycles. The molecule has 0 N–H and O–H groups in total. The van der Waals surface area contributed by atoms with E-state index in [0.29, 0.717) is 0 Å². The molecule has 0 unspecified atom stereocenters. The Bertz CT molecular complexity index is 1380. The summed E-state index contributed by atoms with van der Waals surface area (Å²) in [6.45, 7) is 5.22. The average Bonchev–Trinajstić information content (AvgIpc) is 3.16. The van der Waals surface area contributed by atoms with E-state index < -0.39 is 47.1 Å². The van der Waals surface area contributed by atoms with Crippen molar-refractivity contribution in [2.24, 2.45) is 5.92 Å². The quantitative estimate of drug-likeness (QED) is 0.229. The van der Waals surface area contributed by atoms with Gasteiger partial charge >= 0.3 is 6.18 Å². The maximum Gasteiger partial charge on any atom is 0.417 e. The molecule has 1 saturated heterocycles. The number of hydrogen-bond acceptors (Lipinski definition) is 5. The number of methoxy groups -OCH3 is 1. The molecule has 3 aromatic rings. The first-order valence-corrected chi connectivity index (χ1v) is 12.3. The Morgan fingerprint density at radius 1 is 1.13 bits per heavy atom. The minimum atomic E-state index is -4.80. The van der Waals surface area contributed by atoms with Crippen molar-refractivity contribution in [3.63, 3.8) is 0 Å². The lowest BCUT2D eigenvalue weighted by Gasteiger charge is -2.32. The largest absolute Gasteiger partial charge is 0.493 e. The van der Waals surface area contributed by atoms with Gasteiger partial charge in [0.15, 0.2) is 23.0 Å². The van der Waals surface area contributed by atoms with Crippen molar-refractivity contribution in [3.8, 4) is 11.5 Å². The Morgan fingerprint density at radius 2 is 1.79 bits per heavy atom. The van der Waals surface area contributed by atoms with Crippen LogP contribution in [-0.4, -0.2) is 29.7 Å². The fraction of sp³-hybridized carbons (Fsp3) is 0.379. The zero-order chi connectivity index (χ0) is 28.7. The summed E-state index contributed by atoms with van der Waals surface area (Å²) < 4.78 is 88.6. The van der Waals surface area contributed by atoms with Gasteiger partial charge in [-0.2, -0.15) is 17.6 Å². The molecule has 0 amide bonds. The minimum absolute atomic E-state index is 0.00345. The van der Waals surface area contributed by atoms with Gasteiger partial charge in [-0.3, -0.25) is 9.78 Å². The molecule has 1 aromatic heterocycles. The van der Waals surface area contributed by atoms with Crippen LogP contribution in [0.15, 0.2) is 48.5 Å². The lowest BCUT2D eigenvalue weighted by molar-refractivity contribution is -0.275. The van der Waals surface area contributed by atoms with Gasteiger partial charge in [0.2, 0.25) is 5.82 Å². The molecule has 4 rings (SSSR count). The first-order chi connectivity index (χ1) is 18.3. The number of ketones is 1. The first-order valence-electron chi connectivity index (χ1n) is 12.3. The van der Waals surface area contributed by atoms with Crippen molar-refractivity contribution < 1.29 is 41.0 Å². The minimum Gasteiger partial charge on any atom is -0.493 e. The molecule has 1 aliphatic rings. The summed E-state index contributed by atoms with van der Waals surface area (Å²) in [7, 11) is 1.11. The maximum atomic E-state index is 14.7. The second-order valence-corrected chi connectivity index (χ2v) is 9.78. The van der Waals surface area contributed by atoms with Gasteiger partial charge in [0, 0.05) is 23.5 Å². The summed E-state index contributed by atoms with van der Waals surface area (Å²) >= 11 is 0. The Kier molecular flexibility index (Phi) is 7.71. The third-order valence-electron chi connectivity index (χ3n) is 7.38. The van der Waals surface area contributed by atoms with Crippen molar-refractivity contribution >= 4 is 5.78 Å². The van der Waals surface area contributed by atoms with Gasteiger partial charge in [0.05, 0.1) is 24.1 Å². The number of halogens is 5. The van der Waals surface area contributed by atoms with Crippen LogP contribution in [-0.2, 0) is 11.3 Å². The van der Waals surface area contributed by atoms with E-state index in [9.17, 15) is 26.7 Å². The molecule has 39 heavy (non-hydrogen) atoms. The molecule has 1 aliphatic heterocycles. The summed E-state index contributed by atoms with van der Waals surface area (Å²) in [5.74, 6) is -5.64. The fourth-order valence-electron chi connectivity index (χ4n) is 5.16. The number of benzene rings is 2. The van der Waals surface area contributed by atoms with Gasteiger partial charge in [0.25, 0.3) is 0 Å². The average molecular weight is 550 g/mol. The van der Waals surface area contributed by atoms with Crippen LogP contribution in [0.2, 0.25) is 0 Å². The third kappa shape index (κ3) is 5.09. The van der Waals surface area contributed by atoms with Crippen LogP contribution in [0.25, 0.3) is 0 Å². The predicted octanol–water partition coefficient (Wildman–Crippen LogP) is 7.27. The molecule has 0 bridgehead atoms. The van der Waals surface area contributed by atoms with Crippen molar-refractivity contribution in [3.05, 3.63) is 88.2 Å². The predicted molar refractivity (Wildman–Crippen MR) is 133 cm³/mol. The molecule has 2 heterocycles. The van der Waals surface area contributed by atoms with Gasteiger partial charge in [-0.15, -0.1) is 0 Å². The van der Waals surface area contributed by atoms with E-state index in [2.05, 4.69) is 4.98 Å². The number of aryl methyl sites for hydroxylation is 1. The summed E-state index contributed by atoms with van der Waals surface area (Å²) in [5, 5.41) is 0. The Labute approximate surface area is 222 Å². The van der Waals surface area contributed by atoms with Crippen LogP contribution in [0.5, 0.6) is 11.5 Å². The number of alkyl halides is 3. The first kappa shape index (κ1) is 28.5. The molecular weight excluding hydrogens is 521 g/mol. The molecular formula is C29H28F5NO4. The van der Waals surface area contributed by atoms with E-state index in [1.807, 2.05) is 30.3 Å². The maximum absolute atomic E-state index is 14.7. The normalized spacial score (nSPS) is 23.1. The molecule has 4 atom stereocenters. The van der Waals surface area contributed by atoms with Gasteiger partial charge in [0.1, 0.15) is 18.5 Å². The number of carbonyl (C=O) groups is 1. The highest BCUT2D eigenvalue weighted by atomic mass is 19.4. The lowest BCUT2D eigenvalue weighted by Crippen LogP contribution is -2.46. The number of nitrogens with zero attached hydrogens (tertiary/aromatic N) is 1. The van der Waals surface area contributed by atoms with Crippen LogP contribution in [0.1, 0.15) is 65.7 Å². The molecule has 1 fully saturated rings. The highest BCUT2D eigenvalue weighted by Gasteiger charge is 2.65. The Morgan fingerprint density at radius 3 is 2.38 bits per heavy atom. The summed E-state index contributed by atoms with van der Waals surface area (Å²) in [5.41, 5.74) is -1.38.